The Hall–Kier alpha value is -0.710. The van der Waals surface area contributed by atoms with Gasteiger partial charge in [-0.25, -0.2) is 0 Å². The van der Waals surface area contributed by atoms with Crippen molar-refractivity contribution in [3.05, 3.63) is 0 Å². The van der Waals surface area contributed by atoms with Crippen molar-refractivity contribution >= 4 is 22.8 Å². The first-order valence-corrected chi connectivity index (χ1v) is 7.72. The number of rotatable bonds is 6. The van der Waals surface area contributed by atoms with Crippen molar-refractivity contribution in [1.29, 1.82) is 0 Å². The number of nitrogens with zero attached hydrogens (tertiary/aromatic N) is 1. The molecule has 0 aromatic carbocycles. The van der Waals surface area contributed by atoms with Crippen molar-refractivity contribution in [2.24, 2.45) is 4.99 Å². The third-order valence-corrected chi connectivity index (χ3v) is 4.62. The van der Waals surface area contributed by atoms with E-state index in [1.54, 1.807) is 11.8 Å². The molecule has 5 heteroatoms. The fraction of sp³-hybridized carbons (Fsp3) is 0.846. The van der Waals surface area contributed by atoms with Gasteiger partial charge in [0.2, 0.25) is 5.91 Å². The smallest absolute Gasteiger partial charge is 0.222 e. The van der Waals surface area contributed by atoms with E-state index < -0.39 is 0 Å². The predicted octanol–water partition coefficient (Wildman–Crippen LogP) is 2.15. The van der Waals surface area contributed by atoms with Crippen LogP contribution in [0.3, 0.4) is 0 Å². The average Bonchev–Trinajstić information content (AvgIpc) is 2.72. The van der Waals surface area contributed by atoms with Crippen LogP contribution in [0.2, 0.25) is 0 Å². The lowest BCUT2D eigenvalue weighted by Gasteiger charge is -2.20. The van der Waals surface area contributed by atoms with Gasteiger partial charge in [0.25, 0.3) is 0 Å². The molecule has 1 fully saturated rings. The van der Waals surface area contributed by atoms with E-state index in [9.17, 15) is 4.79 Å². The van der Waals surface area contributed by atoms with E-state index in [0.29, 0.717) is 13.0 Å². The first-order chi connectivity index (χ1) is 8.49. The Balaban J connectivity index is 2.27. The summed E-state index contributed by atoms with van der Waals surface area (Å²) in [6.45, 7) is 9.03. The minimum Gasteiger partial charge on any atom is -0.359 e. The van der Waals surface area contributed by atoms with Crippen LogP contribution >= 0.6 is 11.8 Å². The fourth-order valence-corrected chi connectivity index (χ4v) is 2.77. The topological polar surface area (TPSA) is 53.5 Å². The maximum absolute atomic E-state index is 11.6. The summed E-state index contributed by atoms with van der Waals surface area (Å²) in [4.78, 5) is 16.0. The molecule has 0 bridgehead atoms. The van der Waals surface area contributed by atoms with Crippen LogP contribution in [-0.2, 0) is 4.79 Å². The van der Waals surface area contributed by atoms with E-state index in [4.69, 9.17) is 0 Å². The second-order valence-corrected chi connectivity index (χ2v) is 6.11. The minimum absolute atomic E-state index is 0.0925. The van der Waals surface area contributed by atoms with Crippen molar-refractivity contribution in [1.82, 2.24) is 10.6 Å². The van der Waals surface area contributed by atoms with Gasteiger partial charge in [-0.05, 0) is 26.7 Å². The molecule has 1 heterocycles. The number of hydrogen-bond acceptors (Lipinski definition) is 3. The standard InChI is InChI=1S/C13H25N3OS/c1-5-10(3)15-11(17)7-8-14-12-16-13(4,6-2)9-18-12/h10H,5-9H2,1-4H3,(H,14,16)(H,15,17). The lowest BCUT2D eigenvalue weighted by molar-refractivity contribution is -0.121. The maximum atomic E-state index is 11.6. The maximum Gasteiger partial charge on any atom is 0.222 e. The molecule has 2 atom stereocenters. The number of carbonyl (C=O) groups excluding carboxylic acids is 1. The molecule has 1 saturated heterocycles. The summed E-state index contributed by atoms with van der Waals surface area (Å²) in [5.74, 6) is 1.15. The zero-order valence-electron chi connectivity index (χ0n) is 11.9. The zero-order chi connectivity index (χ0) is 13.6. The number of hydrogen-bond donors (Lipinski definition) is 2. The van der Waals surface area contributed by atoms with E-state index in [2.05, 4.69) is 36.4 Å². The normalized spacial score (nSPS) is 27.0. The molecule has 0 aromatic heterocycles. The van der Waals surface area contributed by atoms with Gasteiger partial charge in [-0.15, -0.1) is 0 Å². The van der Waals surface area contributed by atoms with Gasteiger partial charge in [0.15, 0.2) is 5.17 Å². The van der Waals surface area contributed by atoms with E-state index in [0.717, 1.165) is 23.8 Å². The van der Waals surface area contributed by atoms with Gasteiger partial charge in [0.05, 0.1) is 6.54 Å². The first-order valence-electron chi connectivity index (χ1n) is 6.74. The summed E-state index contributed by atoms with van der Waals surface area (Å²) < 4.78 is 0. The number of thioether (sulfide) groups is 1. The van der Waals surface area contributed by atoms with Crippen LogP contribution in [-0.4, -0.2) is 35.0 Å². The van der Waals surface area contributed by atoms with Crippen molar-refractivity contribution in [3.63, 3.8) is 0 Å². The minimum atomic E-state index is 0.0925. The SMILES string of the molecule is CCC(C)NC(=O)CCN=C1NC(C)(CC)CS1. The lowest BCUT2D eigenvalue weighted by atomic mass is 10.0. The molecule has 0 aromatic rings. The molecule has 0 aliphatic carbocycles. The molecule has 1 aliphatic heterocycles. The Labute approximate surface area is 114 Å². The largest absolute Gasteiger partial charge is 0.359 e. The van der Waals surface area contributed by atoms with Crippen LogP contribution in [0.4, 0.5) is 0 Å². The Morgan fingerprint density at radius 1 is 1.61 bits per heavy atom. The van der Waals surface area contributed by atoms with Gasteiger partial charge in [-0.2, -0.15) is 0 Å². The monoisotopic (exact) mass is 271 g/mol. The Morgan fingerprint density at radius 3 is 2.89 bits per heavy atom. The van der Waals surface area contributed by atoms with Gasteiger partial charge < -0.3 is 10.6 Å². The van der Waals surface area contributed by atoms with Gasteiger partial charge in [-0.3, -0.25) is 9.79 Å². The molecule has 0 radical (unpaired) electrons. The lowest BCUT2D eigenvalue weighted by Crippen LogP contribution is -2.39. The highest BCUT2D eigenvalue weighted by Crippen LogP contribution is 2.25. The number of nitrogens with one attached hydrogen (secondary N) is 2. The summed E-state index contributed by atoms with van der Waals surface area (Å²) in [7, 11) is 0. The van der Waals surface area contributed by atoms with E-state index in [-0.39, 0.29) is 17.5 Å². The Bertz CT molecular complexity index is 319. The first kappa shape index (κ1) is 15.3. The van der Waals surface area contributed by atoms with Crippen molar-refractivity contribution in [2.75, 3.05) is 12.3 Å². The number of aliphatic imine (C=N–C) groups is 1. The Morgan fingerprint density at radius 2 is 2.33 bits per heavy atom. The van der Waals surface area contributed by atoms with E-state index in [1.165, 1.54) is 0 Å². The summed E-state index contributed by atoms with van der Waals surface area (Å²) >= 11 is 1.75. The quantitative estimate of drug-likeness (QED) is 0.778. The highest BCUT2D eigenvalue weighted by Gasteiger charge is 2.30. The zero-order valence-corrected chi connectivity index (χ0v) is 12.7. The molecule has 4 nitrogen and oxygen atoms in total. The predicted molar refractivity (Wildman–Crippen MR) is 79.1 cm³/mol. The summed E-state index contributed by atoms with van der Waals surface area (Å²) in [5.41, 5.74) is 0.169. The molecular weight excluding hydrogens is 246 g/mol. The molecule has 2 N–H and O–H groups in total. The molecule has 0 spiro atoms. The highest BCUT2D eigenvalue weighted by atomic mass is 32.2. The highest BCUT2D eigenvalue weighted by molar-refractivity contribution is 8.14. The molecule has 0 saturated carbocycles. The number of amides is 1. The second kappa shape index (κ2) is 7.02. The summed E-state index contributed by atoms with van der Waals surface area (Å²) in [6, 6.07) is 0.257. The Kier molecular flexibility index (Phi) is 5.99. The van der Waals surface area contributed by atoms with Gasteiger partial charge in [-0.1, -0.05) is 25.6 Å². The molecule has 1 aliphatic rings. The second-order valence-electron chi connectivity index (χ2n) is 5.14. The molecule has 1 rings (SSSR count). The van der Waals surface area contributed by atoms with E-state index in [1.807, 2.05) is 6.92 Å². The molecule has 104 valence electrons. The third kappa shape index (κ3) is 4.88. The van der Waals surface area contributed by atoms with Crippen LogP contribution in [0.5, 0.6) is 0 Å². The van der Waals surface area contributed by atoms with E-state index >= 15 is 0 Å². The number of amidine groups is 1. The summed E-state index contributed by atoms with van der Waals surface area (Å²) in [6.07, 6.45) is 2.53. The van der Waals surface area contributed by atoms with Crippen LogP contribution < -0.4 is 10.6 Å². The summed E-state index contributed by atoms with van der Waals surface area (Å²) in [5, 5.41) is 7.35. The molecule has 2 unspecified atom stereocenters. The van der Waals surface area contributed by atoms with Crippen LogP contribution in [0.15, 0.2) is 4.99 Å². The van der Waals surface area contributed by atoms with Gasteiger partial charge in [0.1, 0.15) is 0 Å². The van der Waals surface area contributed by atoms with Gasteiger partial charge in [0, 0.05) is 23.8 Å². The molecule has 18 heavy (non-hydrogen) atoms. The van der Waals surface area contributed by atoms with Crippen molar-refractivity contribution < 1.29 is 4.79 Å². The molecular formula is C13H25N3OS. The van der Waals surface area contributed by atoms with Crippen LogP contribution in [0.25, 0.3) is 0 Å². The third-order valence-electron chi connectivity index (χ3n) is 3.33. The van der Waals surface area contributed by atoms with Crippen LogP contribution in [0, 0.1) is 0 Å². The fourth-order valence-electron chi connectivity index (χ4n) is 1.54. The average molecular weight is 271 g/mol. The number of carbonyl (C=O) groups is 1. The van der Waals surface area contributed by atoms with Crippen molar-refractivity contribution in [2.45, 2.75) is 58.5 Å². The molecule has 1 amide bonds. The van der Waals surface area contributed by atoms with Crippen LogP contribution in [0.1, 0.15) is 47.0 Å². The van der Waals surface area contributed by atoms with Gasteiger partial charge >= 0.3 is 0 Å². The van der Waals surface area contributed by atoms with Crippen molar-refractivity contribution in [3.8, 4) is 0 Å².